The van der Waals surface area contributed by atoms with Crippen molar-refractivity contribution in [3.63, 3.8) is 0 Å². The molecule has 1 unspecified atom stereocenters. The molecule has 4 nitrogen and oxygen atoms in total. The minimum Gasteiger partial charge on any atom is -0.387 e. The fraction of sp³-hybridized carbons (Fsp3) is 0.667. The van der Waals surface area contributed by atoms with Crippen LogP contribution in [0.15, 0.2) is 6.20 Å². The third kappa shape index (κ3) is 2.70. The van der Waals surface area contributed by atoms with Gasteiger partial charge in [-0.15, -0.1) is 0 Å². The molecule has 1 aromatic heterocycles. The molecule has 0 aliphatic rings. The zero-order chi connectivity index (χ0) is 10.6. The smallest absolute Gasteiger partial charge is 0.0972 e. The average molecular weight is 219 g/mol. The first-order valence-electron chi connectivity index (χ1n) is 4.51. The van der Waals surface area contributed by atoms with Gasteiger partial charge < -0.3 is 9.84 Å². The molecule has 1 N–H and O–H groups in total. The maximum Gasteiger partial charge on any atom is 0.0972 e. The normalized spacial score (nSPS) is 13.1. The summed E-state index contributed by atoms with van der Waals surface area (Å²) in [4.78, 5) is 0. The number of halogens is 1. The van der Waals surface area contributed by atoms with E-state index >= 15 is 0 Å². The summed E-state index contributed by atoms with van der Waals surface area (Å²) in [7, 11) is 3.41. The summed E-state index contributed by atoms with van der Waals surface area (Å²) >= 11 is 5.88. The van der Waals surface area contributed by atoms with Gasteiger partial charge in [0.1, 0.15) is 0 Å². The van der Waals surface area contributed by atoms with Gasteiger partial charge in [-0.2, -0.15) is 5.10 Å². The van der Waals surface area contributed by atoms with Crippen molar-refractivity contribution in [1.82, 2.24) is 9.78 Å². The molecule has 0 spiro atoms. The standard InChI is InChI=1S/C9H15ClN2O2/c1-12-9(7(10)6-11-12)8(13)4-3-5-14-2/h6,8,13H,3-5H2,1-2H3. The molecule has 5 heteroatoms. The van der Waals surface area contributed by atoms with Gasteiger partial charge >= 0.3 is 0 Å². The molecule has 1 rings (SSSR count). The number of methoxy groups -OCH3 is 1. The number of aliphatic hydroxyl groups excluding tert-OH is 1. The van der Waals surface area contributed by atoms with Crippen LogP contribution in [0.4, 0.5) is 0 Å². The number of nitrogens with zero attached hydrogens (tertiary/aromatic N) is 2. The van der Waals surface area contributed by atoms with E-state index in [9.17, 15) is 5.11 Å². The van der Waals surface area contributed by atoms with Crippen LogP contribution >= 0.6 is 11.6 Å². The second-order valence-electron chi connectivity index (χ2n) is 3.15. The Morgan fingerprint density at radius 2 is 2.43 bits per heavy atom. The molecule has 0 fully saturated rings. The lowest BCUT2D eigenvalue weighted by Gasteiger charge is -2.11. The summed E-state index contributed by atoms with van der Waals surface area (Å²) in [5.74, 6) is 0. The number of rotatable bonds is 5. The van der Waals surface area contributed by atoms with Gasteiger partial charge in [-0.25, -0.2) is 0 Å². The lowest BCUT2D eigenvalue weighted by Crippen LogP contribution is -2.06. The van der Waals surface area contributed by atoms with Crippen LogP contribution < -0.4 is 0 Å². The maximum atomic E-state index is 9.80. The molecule has 0 amide bonds. The van der Waals surface area contributed by atoms with Crippen molar-refractivity contribution in [3.8, 4) is 0 Å². The number of aryl methyl sites for hydroxylation is 1. The molecule has 0 saturated heterocycles. The largest absolute Gasteiger partial charge is 0.387 e. The zero-order valence-electron chi connectivity index (χ0n) is 8.40. The summed E-state index contributed by atoms with van der Waals surface area (Å²) in [6.07, 6.45) is 2.41. The minimum atomic E-state index is -0.565. The molecule has 0 aliphatic carbocycles. The van der Waals surface area contributed by atoms with Gasteiger partial charge in [0.25, 0.3) is 0 Å². The molecule has 1 aromatic rings. The lowest BCUT2D eigenvalue weighted by atomic mass is 10.1. The van der Waals surface area contributed by atoms with Gasteiger partial charge in [-0.1, -0.05) is 11.6 Å². The third-order valence-electron chi connectivity index (χ3n) is 2.08. The molecule has 14 heavy (non-hydrogen) atoms. The van der Waals surface area contributed by atoms with E-state index in [0.29, 0.717) is 23.7 Å². The van der Waals surface area contributed by atoms with Crippen molar-refractivity contribution in [2.45, 2.75) is 18.9 Å². The molecule has 0 radical (unpaired) electrons. The van der Waals surface area contributed by atoms with Gasteiger partial charge in [0.15, 0.2) is 0 Å². The molecular weight excluding hydrogens is 204 g/mol. The van der Waals surface area contributed by atoms with Crippen molar-refractivity contribution < 1.29 is 9.84 Å². The topological polar surface area (TPSA) is 47.3 Å². The van der Waals surface area contributed by atoms with E-state index in [0.717, 1.165) is 6.42 Å². The van der Waals surface area contributed by atoms with Gasteiger partial charge in [0.2, 0.25) is 0 Å². The van der Waals surface area contributed by atoms with E-state index in [1.54, 1.807) is 18.8 Å². The molecular formula is C9H15ClN2O2. The summed E-state index contributed by atoms with van der Waals surface area (Å²) < 4.78 is 6.50. The first-order valence-corrected chi connectivity index (χ1v) is 4.89. The predicted octanol–water partition coefficient (Wildman–Crippen LogP) is 1.53. The maximum absolute atomic E-state index is 9.80. The van der Waals surface area contributed by atoms with Gasteiger partial charge in [-0.05, 0) is 12.8 Å². The second kappa shape index (κ2) is 5.34. The van der Waals surface area contributed by atoms with Gasteiger partial charge in [0.05, 0.1) is 23.0 Å². The van der Waals surface area contributed by atoms with Crippen LogP contribution in [-0.2, 0) is 11.8 Å². The number of hydrogen-bond donors (Lipinski definition) is 1. The Morgan fingerprint density at radius 1 is 1.71 bits per heavy atom. The molecule has 0 bridgehead atoms. The summed E-state index contributed by atoms with van der Waals surface area (Å²) in [5.41, 5.74) is 0.669. The molecule has 0 aliphatic heterocycles. The monoisotopic (exact) mass is 218 g/mol. The van der Waals surface area contributed by atoms with Crippen molar-refractivity contribution in [2.75, 3.05) is 13.7 Å². The Morgan fingerprint density at radius 3 is 2.93 bits per heavy atom. The Hall–Kier alpha value is -0.580. The van der Waals surface area contributed by atoms with E-state index in [-0.39, 0.29) is 0 Å². The minimum absolute atomic E-state index is 0.511. The van der Waals surface area contributed by atoms with Gasteiger partial charge in [-0.3, -0.25) is 4.68 Å². The van der Waals surface area contributed by atoms with Crippen LogP contribution in [0.3, 0.4) is 0 Å². The summed E-state index contributed by atoms with van der Waals surface area (Å²) in [6.45, 7) is 0.645. The van der Waals surface area contributed by atoms with E-state index in [1.807, 2.05) is 0 Å². The highest BCUT2D eigenvalue weighted by molar-refractivity contribution is 6.31. The lowest BCUT2D eigenvalue weighted by molar-refractivity contribution is 0.130. The quantitative estimate of drug-likeness (QED) is 0.763. The Kier molecular flexibility index (Phi) is 4.38. The number of aliphatic hydroxyl groups is 1. The van der Waals surface area contributed by atoms with Crippen molar-refractivity contribution in [2.24, 2.45) is 7.05 Å². The molecule has 80 valence electrons. The highest BCUT2D eigenvalue weighted by Gasteiger charge is 2.15. The zero-order valence-corrected chi connectivity index (χ0v) is 9.16. The molecule has 0 aromatic carbocycles. The number of hydrogen-bond acceptors (Lipinski definition) is 3. The van der Waals surface area contributed by atoms with Gasteiger partial charge in [0, 0.05) is 20.8 Å². The first-order chi connectivity index (χ1) is 6.66. The van der Waals surface area contributed by atoms with E-state index < -0.39 is 6.10 Å². The van der Waals surface area contributed by atoms with Crippen LogP contribution in [-0.4, -0.2) is 28.6 Å². The number of ether oxygens (including phenoxy) is 1. The second-order valence-corrected chi connectivity index (χ2v) is 3.56. The Bertz CT molecular complexity index is 269. The van der Waals surface area contributed by atoms with Crippen LogP contribution in [0.1, 0.15) is 24.6 Å². The van der Waals surface area contributed by atoms with Crippen LogP contribution in [0.25, 0.3) is 0 Å². The van der Waals surface area contributed by atoms with E-state index in [2.05, 4.69) is 5.10 Å². The summed E-state index contributed by atoms with van der Waals surface area (Å²) in [5, 5.41) is 14.3. The summed E-state index contributed by atoms with van der Waals surface area (Å²) in [6, 6.07) is 0. The van der Waals surface area contributed by atoms with Crippen molar-refractivity contribution >= 4 is 11.6 Å². The van der Waals surface area contributed by atoms with Crippen molar-refractivity contribution in [3.05, 3.63) is 16.9 Å². The highest BCUT2D eigenvalue weighted by atomic mass is 35.5. The van der Waals surface area contributed by atoms with E-state index in [4.69, 9.17) is 16.3 Å². The fourth-order valence-electron chi connectivity index (χ4n) is 1.35. The fourth-order valence-corrected chi connectivity index (χ4v) is 1.64. The SMILES string of the molecule is COCCCC(O)c1c(Cl)cnn1C. The highest BCUT2D eigenvalue weighted by Crippen LogP contribution is 2.24. The van der Waals surface area contributed by atoms with E-state index in [1.165, 1.54) is 6.20 Å². The average Bonchev–Trinajstić information content (AvgIpc) is 2.46. The van der Waals surface area contributed by atoms with Crippen molar-refractivity contribution in [1.29, 1.82) is 0 Å². The Balaban J connectivity index is 2.55. The molecule has 1 heterocycles. The van der Waals surface area contributed by atoms with Crippen LogP contribution in [0, 0.1) is 0 Å². The predicted molar refractivity (Wildman–Crippen MR) is 54.3 cm³/mol. The van der Waals surface area contributed by atoms with Crippen LogP contribution in [0.5, 0.6) is 0 Å². The molecule has 1 atom stereocenters. The number of aromatic nitrogens is 2. The Labute approximate surface area is 88.4 Å². The molecule has 0 saturated carbocycles. The first kappa shape index (κ1) is 11.5. The van der Waals surface area contributed by atoms with Crippen LogP contribution in [0.2, 0.25) is 5.02 Å². The third-order valence-corrected chi connectivity index (χ3v) is 2.37.